The summed E-state index contributed by atoms with van der Waals surface area (Å²) in [5.41, 5.74) is -0.887. The molecule has 4 amide bonds. The van der Waals surface area contributed by atoms with Crippen molar-refractivity contribution < 1.29 is 14.4 Å². The highest BCUT2D eigenvalue weighted by molar-refractivity contribution is 6.07. The lowest BCUT2D eigenvalue weighted by molar-refractivity contribution is -0.131. The number of carbonyl (C=O) groups is 3. The molecule has 6 heteroatoms. The van der Waals surface area contributed by atoms with Gasteiger partial charge in [-0.1, -0.05) is 20.3 Å². The van der Waals surface area contributed by atoms with Crippen LogP contribution in [-0.4, -0.2) is 41.4 Å². The topological polar surface area (TPSA) is 78.5 Å². The van der Waals surface area contributed by atoms with E-state index in [1.54, 1.807) is 4.90 Å². The minimum atomic E-state index is -0.887. The van der Waals surface area contributed by atoms with E-state index in [0.717, 1.165) is 6.42 Å². The van der Waals surface area contributed by atoms with E-state index in [4.69, 9.17) is 0 Å². The molecule has 0 aliphatic carbocycles. The fourth-order valence-electron chi connectivity index (χ4n) is 2.41. The van der Waals surface area contributed by atoms with E-state index in [2.05, 4.69) is 10.6 Å². The first-order valence-electron chi connectivity index (χ1n) is 6.38. The number of urea groups is 1. The standard InChI is InChI=1S/C12H19N3O3/c1-3-8(2)6-9(16)15-5-4-12(7-15)10(17)13-11(18)14-12/h8H,3-7H2,1-2H3,(H2,13,14,17,18). The van der Waals surface area contributed by atoms with E-state index in [9.17, 15) is 14.4 Å². The monoisotopic (exact) mass is 253 g/mol. The van der Waals surface area contributed by atoms with Crippen LogP contribution in [0.5, 0.6) is 0 Å². The molecule has 6 nitrogen and oxygen atoms in total. The van der Waals surface area contributed by atoms with Crippen LogP contribution in [-0.2, 0) is 9.59 Å². The largest absolute Gasteiger partial charge is 0.340 e. The Balaban J connectivity index is 1.98. The van der Waals surface area contributed by atoms with Gasteiger partial charge in [0.1, 0.15) is 5.54 Å². The third-order valence-electron chi connectivity index (χ3n) is 3.86. The summed E-state index contributed by atoms with van der Waals surface area (Å²) in [6.45, 7) is 4.91. The number of nitrogens with zero attached hydrogens (tertiary/aromatic N) is 1. The van der Waals surface area contributed by atoms with Crippen LogP contribution in [0.1, 0.15) is 33.1 Å². The smallest absolute Gasteiger partial charge is 0.322 e. The normalized spacial score (nSPS) is 28.4. The van der Waals surface area contributed by atoms with Crippen LogP contribution in [0, 0.1) is 5.92 Å². The van der Waals surface area contributed by atoms with Gasteiger partial charge in [0, 0.05) is 13.0 Å². The summed E-state index contributed by atoms with van der Waals surface area (Å²) in [6.07, 6.45) is 1.96. The van der Waals surface area contributed by atoms with Gasteiger partial charge in [-0.05, 0) is 12.3 Å². The highest BCUT2D eigenvalue weighted by atomic mass is 16.2. The third kappa shape index (κ3) is 2.19. The average molecular weight is 253 g/mol. The van der Waals surface area contributed by atoms with Gasteiger partial charge in [0.2, 0.25) is 5.91 Å². The number of hydrogen-bond donors (Lipinski definition) is 2. The molecule has 0 aromatic rings. The summed E-state index contributed by atoms with van der Waals surface area (Å²) in [6, 6.07) is -0.462. The number of likely N-dealkylation sites (tertiary alicyclic amines) is 1. The van der Waals surface area contributed by atoms with Crippen molar-refractivity contribution in [3.05, 3.63) is 0 Å². The van der Waals surface area contributed by atoms with Gasteiger partial charge in [-0.15, -0.1) is 0 Å². The molecular weight excluding hydrogens is 234 g/mol. The third-order valence-corrected chi connectivity index (χ3v) is 3.86. The summed E-state index contributed by atoms with van der Waals surface area (Å²) < 4.78 is 0. The van der Waals surface area contributed by atoms with Gasteiger partial charge in [0.25, 0.3) is 5.91 Å². The van der Waals surface area contributed by atoms with Gasteiger partial charge in [0.05, 0.1) is 6.54 Å². The van der Waals surface area contributed by atoms with Crippen LogP contribution in [0.15, 0.2) is 0 Å². The SMILES string of the molecule is CCC(C)CC(=O)N1CCC2(C1)NC(=O)NC2=O. The Bertz CT molecular complexity index is 396. The Kier molecular flexibility index (Phi) is 3.28. The number of amides is 4. The second-order valence-electron chi connectivity index (χ2n) is 5.27. The molecule has 2 aliphatic rings. The quantitative estimate of drug-likeness (QED) is 0.707. The Labute approximate surface area is 106 Å². The van der Waals surface area contributed by atoms with Crippen molar-refractivity contribution in [3.63, 3.8) is 0 Å². The summed E-state index contributed by atoms with van der Waals surface area (Å²) >= 11 is 0. The summed E-state index contributed by atoms with van der Waals surface area (Å²) in [7, 11) is 0. The van der Waals surface area contributed by atoms with E-state index in [1.165, 1.54) is 0 Å². The lowest BCUT2D eigenvalue weighted by Gasteiger charge is -2.22. The second kappa shape index (κ2) is 4.59. The molecule has 0 aromatic carbocycles. The second-order valence-corrected chi connectivity index (χ2v) is 5.27. The molecule has 2 atom stereocenters. The van der Waals surface area contributed by atoms with Gasteiger partial charge < -0.3 is 10.2 Å². The lowest BCUT2D eigenvalue weighted by atomic mass is 9.99. The van der Waals surface area contributed by atoms with Crippen LogP contribution in [0.2, 0.25) is 0 Å². The van der Waals surface area contributed by atoms with Crippen LogP contribution in [0.25, 0.3) is 0 Å². The first-order chi connectivity index (χ1) is 8.47. The molecule has 2 unspecified atom stereocenters. The molecule has 0 bridgehead atoms. The predicted octanol–water partition coefficient (Wildman–Crippen LogP) is 0.233. The molecule has 1 spiro atoms. The van der Waals surface area contributed by atoms with Crippen molar-refractivity contribution in [2.45, 2.75) is 38.6 Å². The first-order valence-corrected chi connectivity index (χ1v) is 6.38. The molecule has 2 N–H and O–H groups in total. The Morgan fingerprint density at radius 3 is 2.78 bits per heavy atom. The van der Waals surface area contributed by atoms with Gasteiger partial charge in [-0.25, -0.2) is 4.79 Å². The molecule has 2 aliphatic heterocycles. The van der Waals surface area contributed by atoms with Crippen molar-refractivity contribution in [1.82, 2.24) is 15.5 Å². The molecule has 2 heterocycles. The molecule has 2 fully saturated rings. The van der Waals surface area contributed by atoms with E-state index < -0.39 is 11.6 Å². The maximum Gasteiger partial charge on any atom is 0.322 e. The molecule has 100 valence electrons. The zero-order valence-corrected chi connectivity index (χ0v) is 10.8. The molecule has 0 radical (unpaired) electrons. The summed E-state index contributed by atoms with van der Waals surface area (Å²) in [4.78, 5) is 36.6. The van der Waals surface area contributed by atoms with Crippen LogP contribution in [0.3, 0.4) is 0 Å². The number of rotatable bonds is 3. The van der Waals surface area contributed by atoms with Crippen molar-refractivity contribution in [3.8, 4) is 0 Å². The highest BCUT2D eigenvalue weighted by Gasteiger charge is 2.51. The van der Waals surface area contributed by atoms with Crippen molar-refractivity contribution >= 4 is 17.8 Å². The van der Waals surface area contributed by atoms with Crippen molar-refractivity contribution in [2.24, 2.45) is 5.92 Å². The number of nitrogens with one attached hydrogen (secondary N) is 2. The minimum Gasteiger partial charge on any atom is -0.340 e. The zero-order chi connectivity index (χ0) is 13.3. The number of imide groups is 1. The van der Waals surface area contributed by atoms with Crippen molar-refractivity contribution in [1.29, 1.82) is 0 Å². The molecule has 18 heavy (non-hydrogen) atoms. The first kappa shape index (κ1) is 12.9. The number of carbonyl (C=O) groups excluding carboxylic acids is 3. The maximum absolute atomic E-state index is 12.0. The van der Waals surface area contributed by atoms with Gasteiger partial charge in [0.15, 0.2) is 0 Å². The summed E-state index contributed by atoms with van der Waals surface area (Å²) in [5.74, 6) is 0.0996. The average Bonchev–Trinajstić information content (AvgIpc) is 2.84. The maximum atomic E-state index is 12.0. The zero-order valence-electron chi connectivity index (χ0n) is 10.8. The molecule has 0 saturated carbocycles. The van der Waals surface area contributed by atoms with Crippen LogP contribution < -0.4 is 10.6 Å². The van der Waals surface area contributed by atoms with E-state index in [0.29, 0.717) is 31.8 Å². The van der Waals surface area contributed by atoms with E-state index in [-0.39, 0.29) is 11.8 Å². The van der Waals surface area contributed by atoms with Crippen molar-refractivity contribution in [2.75, 3.05) is 13.1 Å². The molecule has 2 rings (SSSR count). The predicted molar refractivity (Wildman–Crippen MR) is 64.7 cm³/mol. The number of hydrogen-bond acceptors (Lipinski definition) is 3. The minimum absolute atomic E-state index is 0.0650. The van der Waals surface area contributed by atoms with Gasteiger partial charge in [-0.2, -0.15) is 0 Å². The molecule has 2 saturated heterocycles. The van der Waals surface area contributed by atoms with Crippen LogP contribution >= 0.6 is 0 Å². The van der Waals surface area contributed by atoms with E-state index in [1.807, 2.05) is 13.8 Å². The Morgan fingerprint density at radius 1 is 1.50 bits per heavy atom. The molecule has 0 aromatic heterocycles. The van der Waals surface area contributed by atoms with E-state index >= 15 is 0 Å². The molecular formula is C12H19N3O3. The van der Waals surface area contributed by atoms with Gasteiger partial charge in [-0.3, -0.25) is 14.9 Å². The van der Waals surface area contributed by atoms with Crippen LogP contribution in [0.4, 0.5) is 4.79 Å². The fraction of sp³-hybridized carbons (Fsp3) is 0.750. The Morgan fingerprint density at radius 2 is 2.22 bits per heavy atom. The fourth-order valence-corrected chi connectivity index (χ4v) is 2.41. The summed E-state index contributed by atoms with van der Waals surface area (Å²) in [5, 5.41) is 4.87. The highest BCUT2D eigenvalue weighted by Crippen LogP contribution is 2.25. The van der Waals surface area contributed by atoms with Gasteiger partial charge >= 0.3 is 6.03 Å². The Hall–Kier alpha value is -1.59. The lowest BCUT2D eigenvalue weighted by Crippen LogP contribution is -2.49.